The number of piperidine rings is 1. The molecule has 1 aliphatic rings. The Morgan fingerprint density at radius 2 is 2.20 bits per heavy atom. The molecule has 1 N–H and O–H groups in total. The van der Waals surface area contributed by atoms with Gasteiger partial charge in [0.05, 0.1) is 23.6 Å². The van der Waals surface area contributed by atoms with E-state index in [0.29, 0.717) is 12.2 Å². The minimum absolute atomic E-state index is 0.106. The van der Waals surface area contributed by atoms with E-state index in [9.17, 15) is 14.5 Å². The molecule has 106 valence electrons. The highest BCUT2D eigenvalue weighted by Crippen LogP contribution is 2.27. The molecule has 0 bridgehead atoms. The number of nitro groups is 1. The van der Waals surface area contributed by atoms with Gasteiger partial charge in [0.1, 0.15) is 11.5 Å². The van der Waals surface area contributed by atoms with Gasteiger partial charge in [-0.05, 0) is 25.0 Å². The highest BCUT2D eigenvalue weighted by Gasteiger charge is 2.22. The Balaban J connectivity index is 2.01. The molecule has 6 nitrogen and oxygen atoms in total. The predicted octanol–water partition coefficient (Wildman–Crippen LogP) is 2.13. The Hall–Kier alpha value is -2.20. The van der Waals surface area contributed by atoms with Crippen molar-refractivity contribution in [1.29, 1.82) is 5.26 Å². The van der Waals surface area contributed by atoms with Gasteiger partial charge < -0.3 is 5.32 Å². The molecular formula is C13H15FN4O2. The third kappa shape index (κ3) is 3.42. The minimum atomic E-state index is -0.619. The number of rotatable bonds is 4. The fraction of sp³-hybridized carbons (Fsp3) is 0.462. The number of hydrogen-bond donors (Lipinski definition) is 1. The Bertz CT molecular complexity index is 536. The molecule has 0 aromatic heterocycles. The maximum atomic E-state index is 13.1. The number of nitriles is 1. The van der Waals surface area contributed by atoms with Gasteiger partial charge in [0.15, 0.2) is 0 Å². The third-order valence-corrected chi connectivity index (χ3v) is 3.40. The number of benzene rings is 1. The summed E-state index contributed by atoms with van der Waals surface area (Å²) in [5.74, 6) is -0.619. The van der Waals surface area contributed by atoms with Crippen molar-refractivity contribution in [2.45, 2.75) is 18.9 Å². The molecule has 2 rings (SSSR count). The lowest BCUT2D eigenvalue weighted by molar-refractivity contribution is -0.384. The lowest BCUT2D eigenvalue weighted by atomic mass is 10.0. The maximum Gasteiger partial charge on any atom is 0.295 e. The molecule has 0 saturated carbocycles. The first-order valence-electron chi connectivity index (χ1n) is 6.40. The van der Waals surface area contributed by atoms with Gasteiger partial charge in [-0.25, -0.2) is 4.39 Å². The number of hydrogen-bond acceptors (Lipinski definition) is 5. The van der Waals surface area contributed by atoms with Gasteiger partial charge in [0.2, 0.25) is 0 Å². The number of anilines is 1. The van der Waals surface area contributed by atoms with Crippen molar-refractivity contribution in [3.05, 3.63) is 34.1 Å². The second kappa shape index (κ2) is 6.30. The van der Waals surface area contributed by atoms with E-state index >= 15 is 0 Å². The van der Waals surface area contributed by atoms with Crippen molar-refractivity contribution in [2.75, 3.05) is 25.0 Å². The van der Waals surface area contributed by atoms with Gasteiger partial charge >= 0.3 is 0 Å². The van der Waals surface area contributed by atoms with E-state index in [2.05, 4.69) is 11.4 Å². The molecule has 1 aromatic carbocycles. The topological polar surface area (TPSA) is 82.2 Å². The molecule has 0 radical (unpaired) electrons. The second-order valence-electron chi connectivity index (χ2n) is 4.77. The zero-order valence-corrected chi connectivity index (χ0v) is 10.9. The van der Waals surface area contributed by atoms with Crippen LogP contribution in [0.3, 0.4) is 0 Å². The summed E-state index contributed by atoms with van der Waals surface area (Å²) in [6, 6.07) is 5.74. The molecule has 0 unspecified atom stereocenters. The molecule has 0 spiro atoms. The van der Waals surface area contributed by atoms with Crippen LogP contribution in [0.25, 0.3) is 0 Å². The normalized spacial score (nSPS) is 16.6. The number of nitrogens with one attached hydrogen (secondary N) is 1. The van der Waals surface area contributed by atoms with E-state index in [4.69, 9.17) is 5.26 Å². The number of nitro benzene ring substituents is 1. The van der Waals surface area contributed by atoms with E-state index in [1.807, 2.05) is 4.90 Å². The third-order valence-electron chi connectivity index (χ3n) is 3.40. The molecule has 7 heteroatoms. The first-order chi connectivity index (χ1) is 9.60. The molecule has 1 saturated heterocycles. The van der Waals surface area contributed by atoms with Gasteiger partial charge in [-0.15, -0.1) is 0 Å². The van der Waals surface area contributed by atoms with Gasteiger partial charge in [0.25, 0.3) is 5.69 Å². The number of likely N-dealkylation sites (tertiary alicyclic amines) is 1. The monoisotopic (exact) mass is 278 g/mol. The zero-order valence-electron chi connectivity index (χ0n) is 10.9. The molecule has 1 aliphatic heterocycles. The summed E-state index contributed by atoms with van der Waals surface area (Å²) in [6.07, 6.45) is 1.60. The summed E-state index contributed by atoms with van der Waals surface area (Å²) in [4.78, 5) is 12.4. The summed E-state index contributed by atoms with van der Waals surface area (Å²) < 4.78 is 13.1. The summed E-state index contributed by atoms with van der Waals surface area (Å²) in [7, 11) is 0. The first-order valence-corrected chi connectivity index (χ1v) is 6.40. The van der Waals surface area contributed by atoms with Crippen molar-refractivity contribution < 1.29 is 9.31 Å². The number of nitrogens with zero attached hydrogens (tertiary/aromatic N) is 3. The van der Waals surface area contributed by atoms with E-state index in [1.165, 1.54) is 12.1 Å². The standard InChI is InChI=1S/C13H15FN4O2/c14-10-1-2-12(13(9-10)18(19)20)16-11-3-6-17(7-4-11)8-5-15/h1-2,9,11,16H,3-4,6-8H2. The molecule has 1 heterocycles. The Morgan fingerprint density at radius 3 is 2.80 bits per heavy atom. The predicted molar refractivity (Wildman–Crippen MR) is 71.8 cm³/mol. The van der Waals surface area contributed by atoms with Crippen molar-refractivity contribution in [1.82, 2.24) is 4.90 Å². The van der Waals surface area contributed by atoms with Crippen LogP contribution in [0.1, 0.15) is 12.8 Å². The number of halogens is 1. The lowest BCUT2D eigenvalue weighted by Crippen LogP contribution is -2.39. The van der Waals surface area contributed by atoms with E-state index in [0.717, 1.165) is 32.0 Å². The zero-order chi connectivity index (χ0) is 14.5. The Morgan fingerprint density at radius 1 is 1.50 bits per heavy atom. The largest absolute Gasteiger partial charge is 0.377 e. The lowest BCUT2D eigenvalue weighted by Gasteiger charge is -2.31. The van der Waals surface area contributed by atoms with Crippen molar-refractivity contribution >= 4 is 11.4 Å². The summed E-state index contributed by atoms with van der Waals surface area (Å²) in [5, 5.41) is 22.6. The van der Waals surface area contributed by atoms with Crippen LogP contribution in [-0.4, -0.2) is 35.5 Å². The molecule has 20 heavy (non-hydrogen) atoms. The quantitative estimate of drug-likeness (QED) is 0.518. The smallest absolute Gasteiger partial charge is 0.295 e. The van der Waals surface area contributed by atoms with Crippen LogP contribution in [0.15, 0.2) is 18.2 Å². The Kier molecular flexibility index (Phi) is 4.48. The van der Waals surface area contributed by atoms with E-state index in [-0.39, 0.29) is 11.7 Å². The van der Waals surface area contributed by atoms with Crippen LogP contribution in [0.2, 0.25) is 0 Å². The summed E-state index contributed by atoms with van der Waals surface area (Å²) >= 11 is 0. The van der Waals surface area contributed by atoms with Crippen LogP contribution in [0, 0.1) is 27.3 Å². The van der Waals surface area contributed by atoms with E-state index < -0.39 is 10.7 Å². The van der Waals surface area contributed by atoms with Crippen LogP contribution < -0.4 is 5.32 Å². The molecular weight excluding hydrogens is 263 g/mol. The summed E-state index contributed by atoms with van der Waals surface area (Å²) in [5.41, 5.74) is 0.0968. The first kappa shape index (κ1) is 14.2. The Labute approximate surface area is 116 Å². The fourth-order valence-electron chi connectivity index (χ4n) is 2.33. The minimum Gasteiger partial charge on any atom is -0.377 e. The van der Waals surface area contributed by atoms with Crippen molar-refractivity contribution in [2.24, 2.45) is 0 Å². The molecule has 0 aliphatic carbocycles. The van der Waals surface area contributed by atoms with E-state index in [1.54, 1.807) is 0 Å². The maximum absolute atomic E-state index is 13.1. The fourth-order valence-corrected chi connectivity index (χ4v) is 2.33. The van der Waals surface area contributed by atoms with Gasteiger partial charge in [-0.3, -0.25) is 15.0 Å². The SMILES string of the molecule is N#CCN1CCC(Nc2ccc(F)cc2[N+](=O)[O-])CC1. The average molecular weight is 278 g/mol. The molecule has 0 amide bonds. The van der Waals surface area contributed by atoms with Crippen LogP contribution >= 0.6 is 0 Å². The van der Waals surface area contributed by atoms with Crippen LogP contribution in [0.5, 0.6) is 0 Å². The van der Waals surface area contributed by atoms with Gasteiger partial charge in [-0.2, -0.15) is 5.26 Å². The highest BCUT2D eigenvalue weighted by atomic mass is 19.1. The van der Waals surface area contributed by atoms with Crippen molar-refractivity contribution in [3.63, 3.8) is 0 Å². The highest BCUT2D eigenvalue weighted by molar-refractivity contribution is 5.61. The second-order valence-corrected chi connectivity index (χ2v) is 4.77. The van der Waals surface area contributed by atoms with Crippen LogP contribution in [-0.2, 0) is 0 Å². The molecule has 0 atom stereocenters. The summed E-state index contributed by atoms with van der Waals surface area (Å²) in [6.45, 7) is 1.96. The van der Waals surface area contributed by atoms with Gasteiger partial charge in [-0.1, -0.05) is 0 Å². The van der Waals surface area contributed by atoms with Crippen LogP contribution in [0.4, 0.5) is 15.8 Å². The van der Waals surface area contributed by atoms with Gasteiger partial charge in [0, 0.05) is 19.1 Å². The van der Waals surface area contributed by atoms with Crippen molar-refractivity contribution in [3.8, 4) is 6.07 Å². The molecule has 1 aromatic rings. The molecule has 1 fully saturated rings. The average Bonchev–Trinajstić information content (AvgIpc) is 2.43.